The number of amides is 1. The summed E-state index contributed by atoms with van der Waals surface area (Å²) < 4.78 is 0. The zero-order valence-corrected chi connectivity index (χ0v) is 13.0. The maximum Gasteiger partial charge on any atom is 0.254 e. The summed E-state index contributed by atoms with van der Waals surface area (Å²) in [5, 5.41) is 0. The van der Waals surface area contributed by atoms with Crippen LogP contribution in [0.2, 0.25) is 0 Å². The third-order valence-electron chi connectivity index (χ3n) is 4.43. The molecule has 2 aromatic carbocycles. The molecule has 1 atom stereocenters. The minimum atomic E-state index is 0.111. The normalized spacial score (nSPS) is 17.7. The molecule has 1 amide bonds. The highest BCUT2D eigenvalue weighted by atomic mass is 16.2. The fraction of sp³-hybridized carbons (Fsp3) is 0.316. The number of nitrogens with zero attached hydrogens (tertiary/aromatic N) is 1. The van der Waals surface area contributed by atoms with Crippen molar-refractivity contribution in [3.8, 4) is 0 Å². The summed E-state index contributed by atoms with van der Waals surface area (Å²) in [6.07, 6.45) is 2.11. The lowest BCUT2D eigenvalue weighted by Gasteiger charge is -2.18. The molecule has 3 heteroatoms. The molecular formula is C19H22N2O. The minimum absolute atomic E-state index is 0.111. The number of nitrogen functional groups attached to an aromatic ring is 1. The van der Waals surface area contributed by atoms with Crippen molar-refractivity contribution in [1.82, 2.24) is 4.90 Å². The Bertz CT molecular complexity index is 666. The van der Waals surface area contributed by atoms with Crippen LogP contribution in [0.15, 0.2) is 48.5 Å². The molecule has 1 unspecified atom stereocenters. The molecule has 2 aromatic rings. The van der Waals surface area contributed by atoms with Gasteiger partial charge < -0.3 is 10.6 Å². The van der Waals surface area contributed by atoms with Crippen LogP contribution in [0, 0.1) is 12.8 Å². The Balaban J connectivity index is 1.67. The number of benzene rings is 2. The van der Waals surface area contributed by atoms with Crippen molar-refractivity contribution < 1.29 is 4.79 Å². The molecule has 1 fully saturated rings. The molecular weight excluding hydrogens is 272 g/mol. The Labute approximate surface area is 131 Å². The van der Waals surface area contributed by atoms with Crippen LogP contribution in [0.5, 0.6) is 0 Å². The van der Waals surface area contributed by atoms with Crippen molar-refractivity contribution in [2.45, 2.75) is 19.8 Å². The fourth-order valence-electron chi connectivity index (χ4n) is 3.17. The van der Waals surface area contributed by atoms with Gasteiger partial charge in [-0.25, -0.2) is 0 Å². The molecule has 0 radical (unpaired) electrons. The number of likely N-dealkylation sites (tertiary alicyclic amines) is 1. The Morgan fingerprint density at radius 1 is 1.23 bits per heavy atom. The van der Waals surface area contributed by atoms with Crippen LogP contribution in [0.25, 0.3) is 0 Å². The zero-order chi connectivity index (χ0) is 15.5. The smallest absolute Gasteiger partial charge is 0.254 e. The van der Waals surface area contributed by atoms with E-state index in [0.717, 1.165) is 37.1 Å². The Kier molecular flexibility index (Phi) is 4.14. The Hall–Kier alpha value is -2.29. The van der Waals surface area contributed by atoms with E-state index in [1.165, 1.54) is 5.56 Å². The lowest BCUT2D eigenvalue weighted by Crippen LogP contribution is -2.29. The molecule has 22 heavy (non-hydrogen) atoms. The van der Waals surface area contributed by atoms with E-state index in [2.05, 4.69) is 24.3 Å². The van der Waals surface area contributed by atoms with Crippen molar-refractivity contribution >= 4 is 11.6 Å². The number of anilines is 1. The maximum atomic E-state index is 12.7. The molecule has 1 heterocycles. The number of nitrogens with two attached hydrogens (primary N) is 1. The van der Waals surface area contributed by atoms with Gasteiger partial charge in [0.25, 0.3) is 5.91 Å². The van der Waals surface area contributed by atoms with Gasteiger partial charge in [0.05, 0.1) is 0 Å². The second-order valence-electron chi connectivity index (χ2n) is 6.17. The highest BCUT2D eigenvalue weighted by Crippen LogP contribution is 2.24. The summed E-state index contributed by atoms with van der Waals surface area (Å²) in [4.78, 5) is 14.7. The molecule has 114 valence electrons. The summed E-state index contributed by atoms with van der Waals surface area (Å²) in [6, 6.07) is 16.1. The van der Waals surface area contributed by atoms with Gasteiger partial charge in [0.1, 0.15) is 0 Å². The number of rotatable bonds is 3. The van der Waals surface area contributed by atoms with E-state index in [-0.39, 0.29) is 5.91 Å². The molecule has 1 aliphatic heterocycles. The van der Waals surface area contributed by atoms with Gasteiger partial charge in [-0.1, -0.05) is 36.4 Å². The first-order valence-electron chi connectivity index (χ1n) is 7.83. The van der Waals surface area contributed by atoms with Gasteiger partial charge >= 0.3 is 0 Å². The third-order valence-corrected chi connectivity index (χ3v) is 4.43. The van der Waals surface area contributed by atoms with Gasteiger partial charge in [0, 0.05) is 24.3 Å². The highest BCUT2D eigenvalue weighted by Gasteiger charge is 2.27. The summed E-state index contributed by atoms with van der Waals surface area (Å²) >= 11 is 0. The predicted octanol–water partition coefficient (Wildman–Crippen LogP) is 3.28. The average Bonchev–Trinajstić information content (AvgIpc) is 2.98. The average molecular weight is 294 g/mol. The number of aryl methyl sites for hydroxylation is 1. The first-order valence-corrected chi connectivity index (χ1v) is 7.83. The first-order chi connectivity index (χ1) is 10.6. The van der Waals surface area contributed by atoms with Gasteiger partial charge in [0.2, 0.25) is 0 Å². The van der Waals surface area contributed by atoms with Crippen molar-refractivity contribution in [3.05, 3.63) is 65.2 Å². The standard InChI is InChI=1S/C19H22N2O/c1-14-7-8-17(20)12-18(14)19(22)21-10-9-16(13-21)11-15-5-3-2-4-6-15/h2-8,12,16H,9-11,13,20H2,1H3. The van der Waals surface area contributed by atoms with E-state index in [1.54, 1.807) is 6.07 Å². The molecule has 0 bridgehead atoms. The van der Waals surface area contributed by atoms with Crippen molar-refractivity contribution in [3.63, 3.8) is 0 Å². The van der Waals surface area contributed by atoms with Crippen molar-refractivity contribution in [2.75, 3.05) is 18.8 Å². The lowest BCUT2D eigenvalue weighted by atomic mass is 9.99. The Morgan fingerprint density at radius 3 is 2.77 bits per heavy atom. The monoisotopic (exact) mass is 294 g/mol. The molecule has 0 aromatic heterocycles. The van der Waals surface area contributed by atoms with Crippen LogP contribution < -0.4 is 5.73 Å². The molecule has 1 aliphatic rings. The fourth-order valence-corrected chi connectivity index (χ4v) is 3.17. The molecule has 3 nitrogen and oxygen atoms in total. The number of carbonyl (C=O) groups excluding carboxylic acids is 1. The van der Waals surface area contributed by atoms with E-state index in [0.29, 0.717) is 11.6 Å². The summed E-state index contributed by atoms with van der Waals surface area (Å²) in [5.74, 6) is 0.660. The summed E-state index contributed by atoms with van der Waals surface area (Å²) in [5.41, 5.74) is 9.55. The molecule has 0 spiro atoms. The Morgan fingerprint density at radius 2 is 2.00 bits per heavy atom. The first kappa shape index (κ1) is 14.6. The second-order valence-corrected chi connectivity index (χ2v) is 6.17. The van der Waals surface area contributed by atoms with Crippen molar-refractivity contribution in [1.29, 1.82) is 0 Å². The van der Waals surface area contributed by atoms with Crippen LogP contribution in [-0.2, 0) is 6.42 Å². The molecule has 1 saturated heterocycles. The second kappa shape index (κ2) is 6.22. The van der Waals surface area contributed by atoms with Gasteiger partial charge in [-0.15, -0.1) is 0 Å². The molecule has 0 aliphatic carbocycles. The summed E-state index contributed by atoms with van der Waals surface area (Å²) in [6.45, 7) is 3.64. The number of hydrogen-bond acceptors (Lipinski definition) is 2. The quantitative estimate of drug-likeness (QED) is 0.883. The summed E-state index contributed by atoms with van der Waals surface area (Å²) in [7, 11) is 0. The third kappa shape index (κ3) is 3.14. The van der Waals surface area contributed by atoms with Gasteiger partial charge in [-0.2, -0.15) is 0 Å². The number of carbonyl (C=O) groups is 1. The largest absolute Gasteiger partial charge is 0.399 e. The van der Waals surface area contributed by atoms with E-state index >= 15 is 0 Å². The van der Waals surface area contributed by atoms with E-state index in [4.69, 9.17) is 5.73 Å². The van der Waals surface area contributed by atoms with Gasteiger partial charge in [-0.3, -0.25) is 4.79 Å². The predicted molar refractivity (Wildman–Crippen MR) is 89.7 cm³/mol. The molecule has 3 rings (SSSR count). The zero-order valence-electron chi connectivity index (χ0n) is 13.0. The number of hydrogen-bond donors (Lipinski definition) is 1. The SMILES string of the molecule is Cc1ccc(N)cc1C(=O)N1CCC(Cc2ccccc2)C1. The molecule has 0 saturated carbocycles. The van der Waals surface area contributed by atoms with Gasteiger partial charge in [-0.05, 0) is 48.9 Å². The van der Waals surface area contributed by atoms with Crippen LogP contribution in [0.4, 0.5) is 5.69 Å². The topological polar surface area (TPSA) is 46.3 Å². The molecule has 2 N–H and O–H groups in total. The van der Waals surface area contributed by atoms with Gasteiger partial charge in [0.15, 0.2) is 0 Å². The van der Waals surface area contributed by atoms with Crippen molar-refractivity contribution in [2.24, 2.45) is 5.92 Å². The highest BCUT2D eigenvalue weighted by molar-refractivity contribution is 5.96. The maximum absolute atomic E-state index is 12.7. The minimum Gasteiger partial charge on any atom is -0.399 e. The van der Waals surface area contributed by atoms with E-state index in [1.807, 2.05) is 30.0 Å². The van der Waals surface area contributed by atoms with Crippen LogP contribution in [0.3, 0.4) is 0 Å². The van der Waals surface area contributed by atoms with E-state index in [9.17, 15) is 4.79 Å². The lowest BCUT2D eigenvalue weighted by molar-refractivity contribution is 0.0786. The van der Waals surface area contributed by atoms with Crippen LogP contribution in [0.1, 0.15) is 27.9 Å². The van der Waals surface area contributed by atoms with Crippen LogP contribution >= 0.6 is 0 Å². The van der Waals surface area contributed by atoms with E-state index < -0.39 is 0 Å². The van der Waals surface area contributed by atoms with Crippen LogP contribution in [-0.4, -0.2) is 23.9 Å².